The van der Waals surface area contributed by atoms with Gasteiger partial charge in [-0.2, -0.15) is 0 Å². The molecule has 0 aliphatic heterocycles. The number of hydrogen-bond donors (Lipinski definition) is 1. The van der Waals surface area contributed by atoms with E-state index >= 15 is 0 Å². The normalized spacial score (nSPS) is 13.9. The molecule has 4 aromatic carbocycles. The number of methoxy groups -OCH3 is 1. The number of hydrogen-bond acceptors (Lipinski definition) is 5. The van der Waals surface area contributed by atoms with Gasteiger partial charge >= 0.3 is 0 Å². The molecule has 2 amide bonds. The quantitative estimate of drug-likeness (QED) is 0.167. The summed E-state index contributed by atoms with van der Waals surface area (Å²) in [6.07, 6.45) is 4.12. The average Bonchev–Trinajstić information content (AvgIpc) is 3.59. The standard InChI is InChI=1S/C37H40BrN3O5S/c1-27-15-21-34(22-16-27)47(44,45)41(32-19-17-30(38)18-20-32)26-36(42)40(25-29-11-8-14-33(23-29)46-2)35(24-28-9-4-3-5-10-28)37(43)39-31-12-6-7-13-31/h3-5,8-11,14-23,31,35H,6-7,12-13,24-26H2,1-2H3,(H,39,43)/t35-/m0/s1. The number of amides is 2. The molecule has 0 unspecified atom stereocenters. The number of halogens is 1. The predicted molar refractivity (Wildman–Crippen MR) is 188 cm³/mol. The molecular weight excluding hydrogens is 678 g/mol. The second-order valence-electron chi connectivity index (χ2n) is 11.9. The van der Waals surface area contributed by atoms with Crippen molar-refractivity contribution in [1.82, 2.24) is 10.2 Å². The van der Waals surface area contributed by atoms with Crippen LogP contribution < -0.4 is 14.4 Å². The van der Waals surface area contributed by atoms with Crippen LogP contribution in [0.3, 0.4) is 0 Å². The second-order valence-corrected chi connectivity index (χ2v) is 14.6. The van der Waals surface area contributed by atoms with E-state index in [1.807, 2.05) is 61.5 Å². The highest BCUT2D eigenvalue weighted by Crippen LogP contribution is 2.27. The van der Waals surface area contributed by atoms with Crippen LogP contribution in [0, 0.1) is 6.92 Å². The van der Waals surface area contributed by atoms with Gasteiger partial charge in [0.15, 0.2) is 0 Å². The molecule has 0 aromatic heterocycles. The molecule has 0 bridgehead atoms. The molecule has 10 heteroatoms. The van der Waals surface area contributed by atoms with Gasteiger partial charge in [-0.05, 0) is 79.4 Å². The lowest BCUT2D eigenvalue weighted by molar-refractivity contribution is -0.140. The molecule has 8 nitrogen and oxygen atoms in total. The molecule has 0 heterocycles. The van der Waals surface area contributed by atoms with Crippen molar-refractivity contribution in [3.8, 4) is 5.75 Å². The molecule has 1 aliphatic rings. The van der Waals surface area contributed by atoms with E-state index in [4.69, 9.17) is 4.74 Å². The number of sulfonamides is 1. The van der Waals surface area contributed by atoms with Crippen LogP contribution in [0.5, 0.6) is 5.75 Å². The second kappa shape index (κ2) is 15.6. The Bertz CT molecular complexity index is 1760. The molecular formula is C37H40BrN3O5S. The van der Waals surface area contributed by atoms with Crippen LogP contribution in [-0.2, 0) is 32.6 Å². The number of carbonyl (C=O) groups excluding carboxylic acids is 2. The summed E-state index contributed by atoms with van der Waals surface area (Å²) >= 11 is 3.43. The van der Waals surface area contributed by atoms with Gasteiger partial charge in [-0.3, -0.25) is 13.9 Å². The molecule has 1 fully saturated rings. The van der Waals surface area contributed by atoms with Crippen molar-refractivity contribution in [2.75, 3.05) is 18.0 Å². The number of ether oxygens (including phenoxy) is 1. The van der Waals surface area contributed by atoms with Gasteiger partial charge < -0.3 is 15.0 Å². The van der Waals surface area contributed by atoms with Crippen molar-refractivity contribution < 1.29 is 22.7 Å². The first-order chi connectivity index (χ1) is 22.6. The van der Waals surface area contributed by atoms with Crippen molar-refractivity contribution in [3.05, 3.63) is 124 Å². The van der Waals surface area contributed by atoms with Crippen molar-refractivity contribution >= 4 is 43.5 Å². The predicted octanol–water partition coefficient (Wildman–Crippen LogP) is 6.66. The van der Waals surface area contributed by atoms with E-state index in [0.29, 0.717) is 11.4 Å². The maximum atomic E-state index is 14.7. The Morgan fingerprint density at radius 2 is 1.55 bits per heavy atom. The monoisotopic (exact) mass is 717 g/mol. The third kappa shape index (κ3) is 8.81. The summed E-state index contributed by atoms with van der Waals surface area (Å²) in [6, 6.07) is 29.4. The lowest BCUT2D eigenvalue weighted by Gasteiger charge is -2.34. The van der Waals surface area contributed by atoms with Crippen LogP contribution in [-0.4, -0.2) is 50.9 Å². The number of anilines is 1. The van der Waals surface area contributed by atoms with Gasteiger partial charge in [-0.15, -0.1) is 0 Å². The fourth-order valence-electron chi connectivity index (χ4n) is 5.86. The van der Waals surface area contributed by atoms with Gasteiger partial charge in [0.05, 0.1) is 17.7 Å². The van der Waals surface area contributed by atoms with Crippen LogP contribution in [0.1, 0.15) is 42.4 Å². The molecule has 0 spiro atoms. The maximum Gasteiger partial charge on any atom is 0.264 e. The smallest absolute Gasteiger partial charge is 0.264 e. The van der Waals surface area contributed by atoms with Crippen molar-refractivity contribution in [2.24, 2.45) is 0 Å². The third-order valence-electron chi connectivity index (χ3n) is 8.46. The summed E-state index contributed by atoms with van der Waals surface area (Å²) in [6.45, 7) is 1.44. The number of rotatable bonds is 13. The molecule has 0 radical (unpaired) electrons. The van der Waals surface area contributed by atoms with Crippen LogP contribution in [0.4, 0.5) is 5.69 Å². The van der Waals surface area contributed by atoms with Crippen molar-refractivity contribution in [3.63, 3.8) is 0 Å². The molecule has 4 aromatic rings. The summed E-state index contributed by atoms with van der Waals surface area (Å²) in [5, 5.41) is 3.20. The first-order valence-corrected chi connectivity index (χ1v) is 18.0. The Morgan fingerprint density at radius 3 is 2.21 bits per heavy atom. The first kappa shape index (κ1) is 34.2. The molecule has 1 atom stereocenters. The number of nitrogens with one attached hydrogen (secondary N) is 1. The zero-order chi connectivity index (χ0) is 33.4. The van der Waals surface area contributed by atoms with Gasteiger partial charge in [-0.1, -0.05) is 88.9 Å². The highest BCUT2D eigenvalue weighted by Gasteiger charge is 2.35. The van der Waals surface area contributed by atoms with Crippen LogP contribution in [0.15, 0.2) is 112 Å². The molecule has 1 N–H and O–H groups in total. The molecule has 1 saturated carbocycles. The summed E-state index contributed by atoms with van der Waals surface area (Å²) in [4.78, 5) is 30.4. The number of benzene rings is 4. The molecule has 0 saturated heterocycles. The molecule has 5 rings (SSSR count). The van der Waals surface area contributed by atoms with Crippen molar-refractivity contribution in [2.45, 2.75) is 62.6 Å². The van der Waals surface area contributed by atoms with E-state index in [-0.39, 0.29) is 29.8 Å². The minimum Gasteiger partial charge on any atom is -0.497 e. The lowest BCUT2D eigenvalue weighted by Crippen LogP contribution is -2.54. The van der Waals surface area contributed by atoms with Gasteiger partial charge in [0, 0.05) is 23.5 Å². The van der Waals surface area contributed by atoms with E-state index in [2.05, 4.69) is 21.2 Å². The SMILES string of the molecule is COc1cccc(CN(C(=O)CN(c2ccc(Br)cc2)S(=O)(=O)c2ccc(C)cc2)[C@@H](Cc2ccccc2)C(=O)NC2CCCC2)c1. The van der Waals surface area contributed by atoms with Gasteiger partial charge in [-0.25, -0.2) is 8.42 Å². The zero-order valence-corrected chi connectivity index (χ0v) is 29.0. The highest BCUT2D eigenvalue weighted by molar-refractivity contribution is 9.10. The van der Waals surface area contributed by atoms with Crippen molar-refractivity contribution in [1.29, 1.82) is 0 Å². The largest absolute Gasteiger partial charge is 0.497 e. The maximum absolute atomic E-state index is 14.7. The fourth-order valence-corrected chi connectivity index (χ4v) is 7.54. The fraction of sp³-hybridized carbons (Fsp3) is 0.297. The minimum atomic E-state index is -4.17. The summed E-state index contributed by atoms with van der Waals surface area (Å²) in [5.74, 6) is -0.147. The van der Waals surface area contributed by atoms with E-state index < -0.39 is 28.5 Å². The number of nitrogens with zero attached hydrogens (tertiary/aromatic N) is 2. The topological polar surface area (TPSA) is 96.0 Å². The summed E-state index contributed by atoms with van der Waals surface area (Å²) < 4.78 is 35.7. The van der Waals surface area contributed by atoms with E-state index in [9.17, 15) is 18.0 Å². The number of carbonyl (C=O) groups is 2. The Morgan fingerprint density at radius 1 is 0.894 bits per heavy atom. The zero-order valence-electron chi connectivity index (χ0n) is 26.6. The summed E-state index contributed by atoms with van der Waals surface area (Å²) in [5.41, 5.74) is 2.88. The number of aryl methyl sites for hydroxylation is 1. The first-order valence-electron chi connectivity index (χ1n) is 15.8. The molecule has 1 aliphatic carbocycles. The molecule has 246 valence electrons. The van der Waals surface area contributed by atoms with Crippen LogP contribution >= 0.6 is 15.9 Å². The Labute approximate surface area is 285 Å². The highest BCUT2D eigenvalue weighted by atomic mass is 79.9. The van der Waals surface area contributed by atoms with E-state index in [1.54, 1.807) is 55.6 Å². The Balaban J connectivity index is 1.57. The summed E-state index contributed by atoms with van der Waals surface area (Å²) in [7, 11) is -2.60. The van der Waals surface area contributed by atoms with E-state index in [1.165, 1.54) is 4.90 Å². The minimum absolute atomic E-state index is 0.0377. The van der Waals surface area contributed by atoms with Gasteiger partial charge in [0.25, 0.3) is 10.0 Å². The molecule has 47 heavy (non-hydrogen) atoms. The van der Waals surface area contributed by atoms with Gasteiger partial charge in [0.1, 0.15) is 18.3 Å². The van der Waals surface area contributed by atoms with Crippen LogP contribution in [0.25, 0.3) is 0 Å². The van der Waals surface area contributed by atoms with Crippen LogP contribution in [0.2, 0.25) is 0 Å². The third-order valence-corrected chi connectivity index (χ3v) is 10.8. The lowest BCUT2D eigenvalue weighted by atomic mass is 10.0. The van der Waals surface area contributed by atoms with Gasteiger partial charge in [0.2, 0.25) is 11.8 Å². The Hall–Kier alpha value is -4.15. The van der Waals surface area contributed by atoms with E-state index in [0.717, 1.165) is 51.2 Å². The average molecular weight is 719 g/mol. The Kier molecular flexibility index (Phi) is 11.4.